The van der Waals surface area contributed by atoms with Gasteiger partial charge < -0.3 is 15.7 Å². The number of unbranched alkanes of at least 4 members (excludes halogenated alkanes) is 2. The van der Waals surface area contributed by atoms with Crippen LogP contribution in [-0.4, -0.2) is 45.3 Å². The number of nitrogens with zero attached hydrogens (tertiary/aromatic N) is 3. The summed E-state index contributed by atoms with van der Waals surface area (Å²) in [6, 6.07) is 5.32. The van der Waals surface area contributed by atoms with Gasteiger partial charge in [-0.05, 0) is 24.3 Å². The summed E-state index contributed by atoms with van der Waals surface area (Å²) < 4.78 is 15.9. The lowest BCUT2D eigenvalue weighted by molar-refractivity contribution is -0.138. The number of rotatable bonds is 9. The molecule has 2 amide bonds. The van der Waals surface area contributed by atoms with Gasteiger partial charge >= 0.3 is 5.97 Å². The Morgan fingerprint density at radius 2 is 2.00 bits per heavy atom. The molecule has 1 atom stereocenters. The maximum atomic E-state index is 14.5. The number of aromatic nitrogens is 2. The van der Waals surface area contributed by atoms with Crippen LogP contribution in [0.3, 0.4) is 0 Å². The van der Waals surface area contributed by atoms with Gasteiger partial charge in [0.1, 0.15) is 23.9 Å². The number of carboxylic acids is 1. The number of halogens is 1. The Labute approximate surface area is 179 Å². The Balaban J connectivity index is 2.33. The van der Waals surface area contributed by atoms with Crippen LogP contribution in [-0.2, 0) is 16.1 Å². The van der Waals surface area contributed by atoms with Crippen molar-refractivity contribution >= 4 is 28.7 Å². The van der Waals surface area contributed by atoms with Gasteiger partial charge in [0.05, 0.1) is 6.07 Å². The Hall–Kier alpha value is -3.48. The molecule has 10 heteroatoms. The topological polar surface area (TPSA) is 137 Å². The summed E-state index contributed by atoms with van der Waals surface area (Å²) in [5, 5.41) is 26.9. The third-order valence-corrected chi connectivity index (χ3v) is 4.66. The van der Waals surface area contributed by atoms with E-state index in [-0.39, 0.29) is 11.2 Å². The number of benzene rings is 1. The minimum absolute atomic E-state index is 0.0323. The van der Waals surface area contributed by atoms with Crippen molar-refractivity contribution in [3.05, 3.63) is 29.7 Å². The molecule has 0 saturated heterocycles. The summed E-state index contributed by atoms with van der Waals surface area (Å²) in [5.74, 6) is -3.05. The zero-order chi connectivity index (χ0) is 23.2. The first-order valence-corrected chi connectivity index (χ1v) is 9.88. The van der Waals surface area contributed by atoms with Gasteiger partial charge in [0, 0.05) is 18.4 Å². The molecule has 166 valence electrons. The maximum Gasteiger partial charge on any atom is 0.322 e. The normalized spacial score (nSPS) is 12.2. The van der Waals surface area contributed by atoms with Gasteiger partial charge in [0.25, 0.3) is 5.91 Å². The average Bonchev–Trinajstić information content (AvgIpc) is 3.06. The minimum Gasteiger partial charge on any atom is -0.480 e. The van der Waals surface area contributed by atoms with E-state index in [1.54, 1.807) is 26.8 Å². The fraction of sp³-hybridized carbons (Fsp3) is 0.476. The van der Waals surface area contributed by atoms with Crippen LogP contribution in [0.5, 0.6) is 0 Å². The van der Waals surface area contributed by atoms with Crippen LogP contribution < -0.4 is 10.6 Å². The number of nitriles is 1. The fourth-order valence-corrected chi connectivity index (χ4v) is 3.13. The van der Waals surface area contributed by atoms with Crippen molar-refractivity contribution in [2.45, 2.75) is 52.6 Å². The summed E-state index contributed by atoms with van der Waals surface area (Å²) in [6.07, 6.45) is 1.57. The van der Waals surface area contributed by atoms with Crippen molar-refractivity contribution in [3.8, 4) is 6.07 Å². The number of aliphatic carboxylic acids is 1. The van der Waals surface area contributed by atoms with E-state index in [2.05, 4.69) is 15.7 Å². The van der Waals surface area contributed by atoms with Crippen molar-refractivity contribution in [1.82, 2.24) is 20.4 Å². The molecule has 1 aromatic heterocycles. The molecule has 0 aliphatic heterocycles. The predicted octanol–water partition coefficient (Wildman–Crippen LogP) is 2.21. The SMILES string of the molecule is CC(C)(C)[C@H](NC(=O)c1nn(CCCCC#N)c2c(F)cccc12)C(=O)NCC(=O)O. The van der Waals surface area contributed by atoms with Crippen molar-refractivity contribution in [2.75, 3.05) is 6.54 Å². The quantitative estimate of drug-likeness (QED) is 0.521. The molecule has 0 radical (unpaired) electrons. The molecule has 0 aliphatic carbocycles. The number of carbonyl (C=O) groups is 3. The molecule has 0 bridgehead atoms. The molecule has 2 aromatic rings. The van der Waals surface area contributed by atoms with Crippen molar-refractivity contribution in [1.29, 1.82) is 5.26 Å². The Bertz CT molecular complexity index is 1020. The molecule has 1 heterocycles. The third kappa shape index (κ3) is 6.01. The van der Waals surface area contributed by atoms with Gasteiger partial charge in [0.15, 0.2) is 5.69 Å². The molecule has 0 saturated carbocycles. The number of carboxylic acid groups (broad SMARTS) is 1. The molecule has 3 N–H and O–H groups in total. The number of hydrogen-bond donors (Lipinski definition) is 3. The zero-order valence-corrected chi connectivity index (χ0v) is 17.7. The molecular formula is C21H26FN5O4. The lowest BCUT2D eigenvalue weighted by atomic mass is 9.86. The van der Waals surface area contributed by atoms with E-state index in [0.29, 0.717) is 31.2 Å². The van der Waals surface area contributed by atoms with Gasteiger partial charge in [-0.25, -0.2) is 4.39 Å². The van der Waals surface area contributed by atoms with Crippen LogP contribution >= 0.6 is 0 Å². The Morgan fingerprint density at radius 3 is 2.61 bits per heavy atom. The molecule has 2 rings (SSSR count). The number of nitrogens with one attached hydrogen (secondary N) is 2. The number of aryl methyl sites for hydroxylation is 1. The summed E-state index contributed by atoms with van der Waals surface area (Å²) >= 11 is 0. The molecule has 0 aliphatic rings. The minimum atomic E-state index is -1.20. The lowest BCUT2D eigenvalue weighted by Gasteiger charge is -2.30. The largest absolute Gasteiger partial charge is 0.480 e. The monoisotopic (exact) mass is 431 g/mol. The number of carbonyl (C=O) groups excluding carboxylic acids is 2. The van der Waals surface area contributed by atoms with E-state index in [4.69, 9.17) is 10.4 Å². The van der Waals surface area contributed by atoms with E-state index in [0.717, 1.165) is 0 Å². The van der Waals surface area contributed by atoms with Crippen molar-refractivity contribution in [2.24, 2.45) is 5.41 Å². The lowest BCUT2D eigenvalue weighted by Crippen LogP contribution is -2.54. The summed E-state index contributed by atoms with van der Waals surface area (Å²) in [4.78, 5) is 36.3. The Kier molecular flexibility index (Phi) is 7.69. The molecule has 0 spiro atoms. The second kappa shape index (κ2) is 10.0. The van der Waals surface area contributed by atoms with Crippen molar-refractivity contribution in [3.63, 3.8) is 0 Å². The van der Waals surface area contributed by atoms with Crippen LogP contribution in [0.25, 0.3) is 10.9 Å². The second-order valence-electron chi connectivity index (χ2n) is 8.21. The van der Waals surface area contributed by atoms with Crippen LogP contribution in [0.2, 0.25) is 0 Å². The highest BCUT2D eigenvalue weighted by atomic mass is 19.1. The van der Waals surface area contributed by atoms with Crippen LogP contribution in [0.1, 0.15) is 50.5 Å². The number of amides is 2. The summed E-state index contributed by atoms with van der Waals surface area (Å²) in [7, 11) is 0. The van der Waals surface area contributed by atoms with E-state index >= 15 is 0 Å². The summed E-state index contributed by atoms with van der Waals surface area (Å²) in [6.45, 7) is 4.93. The van der Waals surface area contributed by atoms with Gasteiger partial charge in [-0.15, -0.1) is 0 Å². The van der Waals surface area contributed by atoms with E-state index < -0.39 is 41.6 Å². The van der Waals surface area contributed by atoms with Gasteiger partial charge in [-0.1, -0.05) is 32.9 Å². The number of hydrogen-bond acceptors (Lipinski definition) is 5. The zero-order valence-electron chi connectivity index (χ0n) is 17.7. The first-order chi connectivity index (χ1) is 14.6. The number of fused-ring (bicyclic) bond motifs is 1. The van der Waals surface area contributed by atoms with E-state index in [9.17, 15) is 18.8 Å². The molecule has 1 aromatic carbocycles. The first kappa shape index (κ1) is 23.8. The first-order valence-electron chi connectivity index (χ1n) is 9.88. The molecule has 0 fully saturated rings. The molecule has 31 heavy (non-hydrogen) atoms. The molecule has 0 unspecified atom stereocenters. The van der Waals surface area contributed by atoms with E-state index in [1.807, 2.05) is 6.07 Å². The summed E-state index contributed by atoms with van der Waals surface area (Å²) in [5.41, 5.74) is -0.582. The number of para-hydroxylation sites is 1. The van der Waals surface area contributed by atoms with Crippen molar-refractivity contribution < 1.29 is 23.9 Å². The van der Waals surface area contributed by atoms with Gasteiger partial charge in [-0.3, -0.25) is 19.1 Å². The van der Waals surface area contributed by atoms with Crippen LogP contribution in [0, 0.1) is 22.6 Å². The van der Waals surface area contributed by atoms with Gasteiger partial charge in [-0.2, -0.15) is 10.4 Å². The van der Waals surface area contributed by atoms with Crippen LogP contribution in [0.4, 0.5) is 4.39 Å². The standard InChI is InChI=1S/C21H26FN5O4/c1-21(2,3)18(20(31)24-12-15(28)29)25-19(30)16-13-8-7-9-14(22)17(13)27(26-16)11-6-4-5-10-23/h7-9,18H,4-6,11-12H2,1-3H3,(H,24,31)(H,25,30)(H,28,29)/t18-/m1/s1. The second-order valence-corrected chi connectivity index (χ2v) is 8.21. The predicted molar refractivity (Wildman–Crippen MR) is 111 cm³/mol. The van der Waals surface area contributed by atoms with Gasteiger partial charge in [0.2, 0.25) is 5.91 Å². The highest BCUT2D eigenvalue weighted by Crippen LogP contribution is 2.24. The highest BCUT2D eigenvalue weighted by molar-refractivity contribution is 6.06. The van der Waals surface area contributed by atoms with Crippen LogP contribution in [0.15, 0.2) is 18.2 Å². The smallest absolute Gasteiger partial charge is 0.322 e. The highest BCUT2D eigenvalue weighted by Gasteiger charge is 2.34. The third-order valence-electron chi connectivity index (χ3n) is 4.66. The maximum absolute atomic E-state index is 14.5. The fourth-order valence-electron chi connectivity index (χ4n) is 3.13. The molecule has 9 nitrogen and oxygen atoms in total. The average molecular weight is 431 g/mol. The van der Waals surface area contributed by atoms with E-state index in [1.165, 1.54) is 16.8 Å². The Morgan fingerprint density at radius 1 is 1.29 bits per heavy atom. The molecular weight excluding hydrogens is 405 g/mol.